The SMILES string of the molecule is C=NNN(C(=O)OC(C)(C)C)C1=NC2(c3ccccc3F)CCC(OC)CC2S(=O)(=O)N1C. The summed E-state index contributed by atoms with van der Waals surface area (Å²) in [5.74, 6) is -0.883. The van der Waals surface area contributed by atoms with Gasteiger partial charge < -0.3 is 9.47 Å². The smallest absolute Gasteiger partial charge is 0.437 e. The van der Waals surface area contributed by atoms with Crippen LogP contribution in [0.1, 0.15) is 45.6 Å². The molecule has 3 unspecified atom stereocenters. The highest BCUT2D eigenvalue weighted by molar-refractivity contribution is 7.90. The number of fused-ring (bicyclic) bond motifs is 1. The minimum absolute atomic E-state index is 0.119. The maximum Gasteiger partial charge on any atom is 0.437 e. The molecule has 1 amide bonds. The van der Waals surface area contributed by atoms with Crippen molar-refractivity contribution in [3.8, 4) is 0 Å². The third-order valence-corrected chi connectivity index (χ3v) is 8.03. The average Bonchev–Trinajstić information content (AvgIpc) is 2.74. The summed E-state index contributed by atoms with van der Waals surface area (Å²) < 4.78 is 54.3. The number of carbonyl (C=O) groups excluding carboxylic acids is 1. The van der Waals surface area contributed by atoms with Crippen molar-refractivity contribution in [2.45, 2.75) is 62.5 Å². The van der Waals surface area contributed by atoms with E-state index in [1.54, 1.807) is 26.8 Å². The van der Waals surface area contributed by atoms with Crippen LogP contribution in [0.5, 0.6) is 0 Å². The van der Waals surface area contributed by atoms with Gasteiger partial charge in [-0.1, -0.05) is 18.2 Å². The van der Waals surface area contributed by atoms with Crippen molar-refractivity contribution >= 4 is 28.8 Å². The molecule has 3 atom stereocenters. The van der Waals surface area contributed by atoms with Gasteiger partial charge in [0.2, 0.25) is 16.0 Å². The molecule has 0 spiro atoms. The fourth-order valence-corrected chi connectivity index (χ4v) is 6.25. The highest BCUT2D eigenvalue weighted by Gasteiger charge is 2.58. The third kappa shape index (κ3) is 4.54. The number of carbonyl (C=O) groups is 1. The number of nitrogens with zero attached hydrogens (tertiary/aromatic N) is 4. The van der Waals surface area contributed by atoms with Gasteiger partial charge in [0, 0.05) is 26.4 Å². The monoisotopic (exact) mass is 483 g/mol. The summed E-state index contributed by atoms with van der Waals surface area (Å²) in [5.41, 5.74) is 0.129. The summed E-state index contributed by atoms with van der Waals surface area (Å²) in [6.07, 6.45) is -0.504. The van der Waals surface area contributed by atoms with Gasteiger partial charge in [-0.3, -0.25) is 0 Å². The summed E-state index contributed by atoms with van der Waals surface area (Å²) in [4.78, 5) is 17.7. The van der Waals surface area contributed by atoms with Crippen LogP contribution >= 0.6 is 0 Å². The van der Waals surface area contributed by atoms with Crippen LogP contribution in [0.2, 0.25) is 0 Å². The van der Waals surface area contributed by atoms with Crippen LogP contribution in [0.25, 0.3) is 0 Å². The number of ether oxygens (including phenoxy) is 2. The summed E-state index contributed by atoms with van der Waals surface area (Å²) in [6.45, 7) is 8.31. The van der Waals surface area contributed by atoms with Crippen molar-refractivity contribution in [2.75, 3.05) is 14.2 Å². The molecule has 10 nitrogen and oxygen atoms in total. The first kappa shape index (κ1) is 24.9. The van der Waals surface area contributed by atoms with E-state index >= 15 is 4.39 Å². The molecule has 0 bridgehead atoms. The number of halogens is 1. The first-order valence-corrected chi connectivity index (χ1v) is 12.0. The molecule has 1 fully saturated rings. The molecule has 3 rings (SSSR count). The lowest BCUT2D eigenvalue weighted by molar-refractivity contribution is 0.0267. The second-order valence-corrected chi connectivity index (χ2v) is 11.2. The number of benzene rings is 1. The molecule has 1 aromatic carbocycles. The van der Waals surface area contributed by atoms with Crippen LogP contribution in [0.3, 0.4) is 0 Å². The van der Waals surface area contributed by atoms with Crippen molar-refractivity contribution in [3.63, 3.8) is 0 Å². The molecule has 0 saturated heterocycles. The van der Waals surface area contributed by atoms with Gasteiger partial charge in [-0.2, -0.15) is 5.10 Å². The highest BCUT2D eigenvalue weighted by atomic mass is 32.2. The lowest BCUT2D eigenvalue weighted by Gasteiger charge is -2.49. The molecule has 1 aromatic rings. The third-order valence-electron chi connectivity index (χ3n) is 5.80. The second-order valence-electron chi connectivity index (χ2n) is 9.02. The van der Waals surface area contributed by atoms with Crippen LogP contribution in [-0.2, 0) is 25.0 Å². The zero-order valence-corrected chi connectivity index (χ0v) is 20.2. The van der Waals surface area contributed by atoms with Gasteiger partial charge in [-0.15, -0.1) is 5.01 Å². The van der Waals surface area contributed by atoms with Crippen molar-refractivity contribution < 1.29 is 27.1 Å². The summed E-state index contributed by atoms with van der Waals surface area (Å²) in [7, 11) is -1.33. The summed E-state index contributed by atoms with van der Waals surface area (Å²) in [5, 5.41) is 3.17. The molecule has 0 aromatic heterocycles. The number of guanidine groups is 1. The topological polar surface area (TPSA) is 113 Å². The highest BCUT2D eigenvalue weighted by Crippen LogP contribution is 2.49. The summed E-state index contributed by atoms with van der Waals surface area (Å²) in [6, 6.07) is 5.94. The molecule has 2 aliphatic rings. The zero-order valence-electron chi connectivity index (χ0n) is 19.4. The Bertz CT molecular complexity index is 1060. The van der Waals surface area contributed by atoms with Gasteiger partial charge in [0.05, 0.1) is 6.10 Å². The van der Waals surface area contributed by atoms with E-state index in [0.717, 1.165) is 9.31 Å². The van der Waals surface area contributed by atoms with Gasteiger partial charge in [0.15, 0.2) is 0 Å². The molecular weight excluding hydrogens is 453 g/mol. The Hall–Kier alpha value is -2.73. The predicted molar refractivity (Wildman–Crippen MR) is 121 cm³/mol. The van der Waals surface area contributed by atoms with E-state index in [9.17, 15) is 13.2 Å². The van der Waals surface area contributed by atoms with Crippen LogP contribution in [-0.4, -0.2) is 67.6 Å². The molecule has 0 radical (unpaired) electrons. The average molecular weight is 484 g/mol. The largest absolute Gasteiger partial charge is 0.442 e. The number of sulfonamides is 1. The lowest BCUT2D eigenvalue weighted by atomic mass is 9.75. The van der Waals surface area contributed by atoms with Crippen molar-refractivity contribution in [1.29, 1.82) is 0 Å². The number of hydrazine groups is 1. The number of rotatable bonds is 4. The number of hydrogen-bond acceptors (Lipinski definition) is 8. The first-order chi connectivity index (χ1) is 15.4. The van der Waals surface area contributed by atoms with Gasteiger partial charge in [-0.05, 0) is 46.1 Å². The number of amides is 1. The molecule has 1 N–H and O–H groups in total. The Morgan fingerprint density at radius 1 is 1.39 bits per heavy atom. The Kier molecular flexibility index (Phi) is 6.72. The van der Waals surface area contributed by atoms with E-state index in [1.165, 1.54) is 32.4 Å². The van der Waals surface area contributed by atoms with Crippen LogP contribution < -0.4 is 5.53 Å². The standard InChI is InChI=1S/C21H30FN5O5S/c1-20(2,3)32-19(28)27(25-23-4)18-24-21(15-9-7-8-10-16(15)22)12-11-14(31-6)13-17(21)33(29,30)26(18)5/h7-10,14,17,25H,4,11-13H2,1-3,5-6H3. The first-order valence-electron chi connectivity index (χ1n) is 10.5. The Balaban J connectivity index is 2.25. The van der Waals surface area contributed by atoms with E-state index in [2.05, 4.69) is 17.4 Å². The fourth-order valence-electron chi connectivity index (χ4n) is 4.27. The second kappa shape index (κ2) is 8.90. The molecular formula is C21H30FN5O5S. The van der Waals surface area contributed by atoms with Gasteiger partial charge >= 0.3 is 6.09 Å². The Morgan fingerprint density at radius 3 is 2.64 bits per heavy atom. The quantitative estimate of drug-likeness (QED) is 0.520. The Morgan fingerprint density at radius 2 is 2.06 bits per heavy atom. The molecule has 182 valence electrons. The lowest BCUT2D eigenvalue weighted by Crippen LogP contribution is -2.64. The van der Waals surface area contributed by atoms with E-state index < -0.39 is 38.3 Å². The van der Waals surface area contributed by atoms with E-state index in [-0.39, 0.29) is 30.5 Å². The number of methoxy groups -OCH3 is 1. The van der Waals surface area contributed by atoms with Gasteiger partial charge in [-0.25, -0.2) is 32.4 Å². The molecule has 12 heteroatoms. The van der Waals surface area contributed by atoms with E-state index in [0.29, 0.717) is 6.42 Å². The van der Waals surface area contributed by atoms with Gasteiger partial charge in [0.1, 0.15) is 22.2 Å². The van der Waals surface area contributed by atoms with Crippen molar-refractivity contribution in [1.82, 2.24) is 14.8 Å². The van der Waals surface area contributed by atoms with Crippen LogP contribution in [0.15, 0.2) is 34.4 Å². The molecule has 1 saturated carbocycles. The number of aliphatic imine (C=N–C) groups is 1. The molecule has 1 heterocycles. The fraction of sp³-hybridized carbons (Fsp3) is 0.571. The van der Waals surface area contributed by atoms with Crippen LogP contribution in [0.4, 0.5) is 9.18 Å². The van der Waals surface area contributed by atoms with Crippen LogP contribution in [0, 0.1) is 5.82 Å². The van der Waals surface area contributed by atoms with Crippen molar-refractivity contribution in [3.05, 3.63) is 35.6 Å². The minimum Gasteiger partial charge on any atom is -0.442 e. The molecule has 1 aliphatic carbocycles. The maximum atomic E-state index is 15.1. The number of hydrogen-bond donors (Lipinski definition) is 1. The van der Waals surface area contributed by atoms with E-state index in [4.69, 9.17) is 14.5 Å². The normalized spacial score (nSPS) is 26.6. The molecule has 33 heavy (non-hydrogen) atoms. The Labute approximate surface area is 193 Å². The number of hydrazone groups is 1. The van der Waals surface area contributed by atoms with Crippen molar-refractivity contribution in [2.24, 2.45) is 10.1 Å². The van der Waals surface area contributed by atoms with E-state index in [1.807, 2.05) is 0 Å². The number of nitrogens with one attached hydrogen (secondary N) is 1. The molecule has 1 aliphatic heterocycles. The zero-order chi connectivity index (χ0) is 24.6. The van der Waals surface area contributed by atoms with Gasteiger partial charge in [0.25, 0.3) is 0 Å². The maximum absolute atomic E-state index is 15.1. The summed E-state index contributed by atoms with van der Waals surface area (Å²) >= 11 is 0. The predicted octanol–water partition coefficient (Wildman–Crippen LogP) is 2.58. The minimum atomic E-state index is -4.11.